The molecule has 2 fully saturated rings. The summed E-state index contributed by atoms with van der Waals surface area (Å²) in [5.74, 6) is 1.66. The van der Waals surface area contributed by atoms with Crippen molar-refractivity contribution >= 4 is 23.0 Å². The molecule has 6 nitrogen and oxygen atoms in total. The van der Waals surface area contributed by atoms with Crippen LogP contribution in [0.1, 0.15) is 38.3 Å². The number of para-hydroxylation sites is 3. The second-order valence-corrected chi connectivity index (χ2v) is 10.9. The average Bonchev–Trinajstić information content (AvgIpc) is 3.17. The number of piperidine rings is 1. The number of fused-ring (bicyclic) bond motifs is 4. The first-order valence-electron chi connectivity index (χ1n) is 13.9. The maximum Gasteiger partial charge on any atom is 0.221 e. The number of hydrogen-bond donors (Lipinski definition) is 1. The van der Waals surface area contributed by atoms with Crippen LogP contribution in [-0.2, 0) is 11.3 Å². The normalized spacial score (nSPS) is 21.6. The van der Waals surface area contributed by atoms with Crippen LogP contribution >= 0.6 is 0 Å². The van der Waals surface area contributed by atoms with Gasteiger partial charge >= 0.3 is 0 Å². The number of anilines is 3. The fourth-order valence-corrected chi connectivity index (χ4v) is 6.77. The first-order valence-corrected chi connectivity index (χ1v) is 13.9. The summed E-state index contributed by atoms with van der Waals surface area (Å²) in [7, 11) is 0. The van der Waals surface area contributed by atoms with Crippen LogP contribution in [0.25, 0.3) is 11.1 Å². The number of ether oxygens (including phenoxy) is 1. The van der Waals surface area contributed by atoms with Crippen LogP contribution in [0.2, 0.25) is 0 Å². The van der Waals surface area contributed by atoms with E-state index >= 15 is 0 Å². The lowest BCUT2D eigenvalue weighted by Crippen LogP contribution is -2.49. The van der Waals surface area contributed by atoms with Crippen LogP contribution in [0, 0.1) is 0 Å². The summed E-state index contributed by atoms with van der Waals surface area (Å²) in [6.07, 6.45) is 6.61. The molecule has 1 aromatic heterocycles. The fourth-order valence-electron chi connectivity index (χ4n) is 6.77. The molecule has 2 bridgehead atoms. The van der Waals surface area contributed by atoms with Crippen LogP contribution < -0.4 is 15.0 Å². The Hall–Kier alpha value is -4.16. The highest BCUT2D eigenvalue weighted by atomic mass is 16.5. The Kier molecular flexibility index (Phi) is 6.05. The molecule has 196 valence electrons. The molecule has 3 aliphatic rings. The Balaban J connectivity index is 1.22. The Bertz CT molecular complexity index is 1510. The molecule has 2 atom stereocenters. The lowest BCUT2D eigenvalue weighted by Gasteiger charge is -2.46. The summed E-state index contributed by atoms with van der Waals surface area (Å²) in [6, 6.07) is 30.5. The summed E-state index contributed by atoms with van der Waals surface area (Å²) < 4.78 is 6.50. The second-order valence-electron chi connectivity index (χ2n) is 10.9. The SMILES string of the molecule is CC(=O)Nc1ccccc1-c1ccc2c(c1)Oc1ccccc1N2C1CC2CCC(C1)N2Cc1ccccn1. The summed E-state index contributed by atoms with van der Waals surface area (Å²) >= 11 is 0. The van der Waals surface area contributed by atoms with Crippen LogP contribution in [0.3, 0.4) is 0 Å². The maximum atomic E-state index is 11.8. The Labute approximate surface area is 229 Å². The molecule has 0 spiro atoms. The molecule has 0 radical (unpaired) electrons. The zero-order valence-electron chi connectivity index (χ0n) is 22.1. The number of rotatable bonds is 5. The van der Waals surface area contributed by atoms with Gasteiger partial charge in [-0.2, -0.15) is 0 Å². The molecule has 6 heteroatoms. The minimum Gasteiger partial charge on any atom is -0.453 e. The van der Waals surface area contributed by atoms with E-state index in [1.165, 1.54) is 19.8 Å². The summed E-state index contributed by atoms with van der Waals surface area (Å²) in [5.41, 5.74) is 6.20. The molecule has 3 aliphatic heterocycles. The van der Waals surface area contributed by atoms with E-state index in [4.69, 9.17) is 4.74 Å². The number of nitrogens with one attached hydrogen (secondary N) is 1. The number of carbonyl (C=O) groups excluding carboxylic acids is 1. The van der Waals surface area contributed by atoms with E-state index in [0.29, 0.717) is 18.1 Å². The summed E-state index contributed by atoms with van der Waals surface area (Å²) in [4.78, 5) is 21.6. The Morgan fingerprint density at radius 1 is 0.872 bits per heavy atom. The number of hydrogen-bond acceptors (Lipinski definition) is 5. The standard InChI is InChI=1S/C33H32N4O2/c1-22(38)35-29-10-3-2-9-28(29)23-13-16-31-33(18-23)39-32-12-5-4-11-30(32)37(31)27-19-25-14-15-26(20-27)36(25)21-24-8-6-7-17-34-24/h2-13,16-18,25-27H,14-15,19-21H2,1H3,(H,35,38). The largest absolute Gasteiger partial charge is 0.453 e. The van der Waals surface area contributed by atoms with Gasteiger partial charge < -0.3 is 15.0 Å². The minimum atomic E-state index is -0.0826. The molecule has 4 heterocycles. The van der Waals surface area contributed by atoms with E-state index in [2.05, 4.69) is 68.6 Å². The average molecular weight is 517 g/mol. The van der Waals surface area contributed by atoms with Gasteiger partial charge in [-0.3, -0.25) is 14.7 Å². The van der Waals surface area contributed by atoms with Gasteiger partial charge in [0.2, 0.25) is 5.91 Å². The maximum absolute atomic E-state index is 11.8. The van der Waals surface area contributed by atoms with E-state index in [-0.39, 0.29) is 5.91 Å². The van der Waals surface area contributed by atoms with Gasteiger partial charge in [-0.05, 0) is 73.7 Å². The van der Waals surface area contributed by atoms with Crippen molar-refractivity contribution in [1.29, 1.82) is 0 Å². The number of amides is 1. The predicted octanol–water partition coefficient (Wildman–Crippen LogP) is 7.15. The molecule has 2 unspecified atom stereocenters. The molecule has 1 N–H and O–H groups in total. The molecule has 39 heavy (non-hydrogen) atoms. The van der Waals surface area contributed by atoms with Crippen molar-refractivity contribution in [1.82, 2.24) is 9.88 Å². The molecule has 3 aromatic carbocycles. The first-order chi connectivity index (χ1) is 19.1. The predicted molar refractivity (Wildman–Crippen MR) is 154 cm³/mol. The highest BCUT2D eigenvalue weighted by Crippen LogP contribution is 2.52. The smallest absolute Gasteiger partial charge is 0.221 e. The van der Waals surface area contributed by atoms with Gasteiger partial charge in [-0.25, -0.2) is 0 Å². The van der Waals surface area contributed by atoms with Gasteiger partial charge in [0.15, 0.2) is 11.5 Å². The van der Waals surface area contributed by atoms with Crippen LogP contribution in [0.15, 0.2) is 91.1 Å². The van der Waals surface area contributed by atoms with Crippen molar-refractivity contribution in [2.24, 2.45) is 0 Å². The van der Waals surface area contributed by atoms with Gasteiger partial charge in [0.05, 0.1) is 17.1 Å². The van der Waals surface area contributed by atoms with E-state index in [0.717, 1.165) is 64.8 Å². The van der Waals surface area contributed by atoms with Crippen molar-refractivity contribution in [3.63, 3.8) is 0 Å². The molecule has 0 aliphatic carbocycles. The summed E-state index contributed by atoms with van der Waals surface area (Å²) in [5, 5.41) is 2.97. The zero-order valence-corrected chi connectivity index (χ0v) is 22.1. The van der Waals surface area contributed by atoms with Crippen LogP contribution in [0.4, 0.5) is 17.1 Å². The van der Waals surface area contributed by atoms with Crippen LogP contribution in [0.5, 0.6) is 11.5 Å². The van der Waals surface area contributed by atoms with Crippen molar-refractivity contribution in [3.05, 3.63) is 96.8 Å². The van der Waals surface area contributed by atoms with E-state index in [1.807, 2.05) is 42.6 Å². The third-order valence-corrected chi connectivity index (χ3v) is 8.41. The summed E-state index contributed by atoms with van der Waals surface area (Å²) in [6.45, 7) is 2.46. The van der Waals surface area contributed by atoms with Crippen molar-refractivity contribution in [2.75, 3.05) is 10.2 Å². The van der Waals surface area contributed by atoms with E-state index in [1.54, 1.807) is 0 Å². The molecular formula is C33H32N4O2. The molecule has 2 saturated heterocycles. The number of aromatic nitrogens is 1. The van der Waals surface area contributed by atoms with Crippen molar-refractivity contribution in [2.45, 2.75) is 57.3 Å². The highest BCUT2D eigenvalue weighted by molar-refractivity contribution is 5.94. The topological polar surface area (TPSA) is 57.7 Å². The molecule has 0 saturated carbocycles. The molecular weight excluding hydrogens is 484 g/mol. The van der Waals surface area contributed by atoms with Gasteiger partial charge in [0.25, 0.3) is 0 Å². The minimum absolute atomic E-state index is 0.0826. The van der Waals surface area contributed by atoms with Crippen molar-refractivity contribution in [3.8, 4) is 22.6 Å². The van der Waals surface area contributed by atoms with Crippen LogP contribution in [-0.4, -0.2) is 33.9 Å². The van der Waals surface area contributed by atoms with Gasteiger partial charge in [-0.1, -0.05) is 42.5 Å². The quantitative estimate of drug-likeness (QED) is 0.305. The molecule has 4 aromatic rings. The lowest BCUT2D eigenvalue weighted by molar-refractivity contribution is -0.114. The third kappa shape index (κ3) is 4.45. The molecule has 1 amide bonds. The van der Waals surface area contributed by atoms with Gasteiger partial charge in [0, 0.05) is 49.0 Å². The third-order valence-electron chi connectivity index (χ3n) is 8.41. The van der Waals surface area contributed by atoms with E-state index in [9.17, 15) is 4.79 Å². The Morgan fingerprint density at radius 2 is 1.62 bits per heavy atom. The van der Waals surface area contributed by atoms with Gasteiger partial charge in [-0.15, -0.1) is 0 Å². The first kappa shape index (κ1) is 23.9. The number of pyridine rings is 1. The van der Waals surface area contributed by atoms with Gasteiger partial charge in [0.1, 0.15) is 0 Å². The number of carbonyl (C=O) groups is 1. The second kappa shape index (κ2) is 9.86. The van der Waals surface area contributed by atoms with E-state index < -0.39 is 0 Å². The highest BCUT2D eigenvalue weighted by Gasteiger charge is 2.44. The fraction of sp³-hybridized carbons (Fsp3) is 0.273. The zero-order chi connectivity index (χ0) is 26.3. The Morgan fingerprint density at radius 3 is 2.41 bits per heavy atom. The monoisotopic (exact) mass is 516 g/mol. The van der Waals surface area contributed by atoms with Crippen molar-refractivity contribution < 1.29 is 9.53 Å². The number of benzene rings is 3. The molecule has 7 rings (SSSR count). The number of nitrogens with zero attached hydrogens (tertiary/aromatic N) is 3. The lowest BCUT2D eigenvalue weighted by atomic mass is 9.93.